The number of hydrogen-bond donors (Lipinski definition) is 1. The highest BCUT2D eigenvalue weighted by atomic mass is 16.3. The quantitative estimate of drug-likeness (QED) is 0.787. The van der Waals surface area contributed by atoms with Crippen LogP contribution in [0.15, 0.2) is 0 Å². The molecule has 2 aliphatic heterocycles. The summed E-state index contributed by atoms with van der Waals surface area (Å²) in [6.45, 7) is 3.24. The molecule has 3 rings (SSSR count). The van der Waals surface area contributed by atoms with Crippen LogP contribution in [-0.4, -0.2) is 44.9 Å². The highest BCUT2D eigenvalue weighted by molar-refractivity contribution is 5.07. The normalized spacial score (nSPS) is 27.1. The summed E-state index contributed by atoms with van der Waals surface area (Å²) in [6.07, 6.45) is 3.77. The van der Waals surface area contributed by atoms with Gasteiger partial charge in [-0.15, -0.1) is 10.2 Å². The molecule has 1 aromatic rings. The standard InChI is InChI=1S/C12H20N4O/c1-15-7-4-9(5-8-15)11-13-14-12-10(17)3-2-6-16(11)12/h9-10,17H,2-8H2,1H3. The van der Waals surface area contributed by atoms with Crippen LogP contribution >= 0.6 is 0 Å². The van der Waals surface area contributed by atoms with Gasteiger partial charge in [0.1, 0.15) is 11.9 Å². The smallest absolute Gasteiger partial charge is 0.161 e. The summed E-state index contributed by atoms with van der Waals surface area (Å²) in [5, 5.41) is 18.4. The monoisotopic (exact) mass is 236 g/mol. The van der Waals surface area contributed by atoms with Gasteiger partial charge in [-0.1, -0.05) is 0 Å². The van der Waals surface area contributed by atoms with Crippen LogP contribution in [0.1, 0.15) is 49.4 Å². The maximum Gasteiger partial charge on any atom is 0.161 e. The van der Waals surface area contributed by atoms with Crippen LogP contribution < -0.4 is 0 Å². The van der Waals surface area contributed by atoms with Gasteiger partial charge < -0.3 is 14.6 Å². The number of hydrogen-bond acceptors (Lipinski definition) is 4. The Balaban J connectivity index is 1.84. The van der Waals surface area contributed by atoms with Crippen molar-refractivity contribution in [2.24, 2.45) is 0 Å². The van der Waals surface area contributed by atoms with Gasteiger partial charge in [-0.25, -0.2) is 0 Å². The van der Waals surface area contributed by atoms with E-state index in [0.29, 0.717) is 5.92 Å². The molecule has 94 valence electrons. The van der Waals surface area contributed by atoms with E-state index in [2.05, 4.69) is 26.7 Å². The molecule has 2 aliphatic rings. The zero-order chi connectivity index (χ0) is 11.8. The summed E-state index contributed by atoms with van der Waals surface area (Å²) in [4.78, 5) is 2.36. The van der Waals surface area contributed by atoms with Crippen molar-refractivity contribution >= 4 is 0 Å². The van der Waals surface area contributed by atoms with E-state index in [4.69, 9.17) is 0 Å². The molecule has 1 unspecified atom stereocenters. The molecule has 3 heterocycles. The number of aromatic nitrogens is 3. The topological polar surface area (TPSA) is 54.2 Å². The molecule has 0 spiro atoms. The van der Waals surface area contributed by atoms with Gasteiger partial charge in [-0.3, -0.25) is 0 Å². The van der Waals surface area contributed by atoms with Crippen molar-refractivity contribution in [3.05, 3.63) is 11.6 Å². The lowest BCUT2D eigenvalue weighted by Crippen LogP contribution is -2.31. The third kappa shape index (κ3) is 1.98. The summed E-state index contributed by atoms with van der Waals surface area (Å²) in [5.41, 5.74) is 0. The van der Waals surface area contributed by atoms with Crippen LogP contribution in [0.5, 0.6) is 0 Å². The number of aliphatic hydroxyl groups is 1. The fourth-order valence-corrected chi connectivity index (χ4v) is 2.94. The van der Waals surface area contributed by atoms with Gasteiger partial charge in [0.15, 0.2) is 5.82 Å². The zero-order valence-electron chi connectivity index (χ0n) is 10.3. The molecule has 0 saturated carbocycles. The van der Waals surface area contributed by atoms with Gasteiger partial charge in [-0.2, -0.15) is 0 Å². The first-order valence-electron chi connectivity index (χ1n) is 6.55. The van der Waals surface area contributed by atoms with Crippen LogP contribution in [0, 0.1) is 0 Å². The Bertz CT molecular complexity index is 395. The third-order valence-electron chi connectivity index (χ3n) is 4.05. The number of nitrogens with zero attached hydrogens (tertiary/aromatic N) is 4. The number of fused-ring (bicyclic) bond motifs is 1. The molecule has 1 N–H and O–H groups in total. The molecule has 1 saturated heterocycles. The van der Waals surface area contributed by atoms with Crippen LogP contribution in [-0.2, 0) is 6.54 Å². The van der Waals surface area contributed by atoms with E-state index in [0.717, 1.165) is 57.0 Å². The molecule has 17 heavy (non-hydrogen) atoms. The minimum Gasteiger partial charge on any atom is -0.385 e. The van der Waals surface area contributed by atoms with E-state index < -0.39 is 6.10 Å². The number of aliphatic hydroxyl groups excluding tert-OH is 1. The van der Waals surface area contributed by atoms with Crippen LogP contribution in [0.2, 0.25) is 0 Å². The Morgan fingerprint density at radius 3 is 2.53 bits per heavy atom. The fraction of sp³-hybridized carbons (Fsp3) is 0.833. The predicted molar refractivity (Wildman–Crippen MR) is 63.7 cm³/mol. The third-order valence-corrected chi connectivity index (χ3v) is 4.05. The van der Waals surface area contributed by atoms with Crippen molar-refractivity contribution in [3.63, 3.8) is 0 Å². The van der Waals surface area contributed by atoms with Gasteiger partial charge in [0.25, 0.3) is 0 Å². The van der Waals surface area contributed by atoms with Crippen LogP contribution in [0.25, 0.3) is 0 Å². The maximum absolute atomic E-state index is 9.88. The summed E-state index contributed by atoms with van der Waals surface area (Å²) >= 11 is 0. The summed E-state index contributed by atoms with van der Waals surface area (Å²) in [5.74, 6) is 2.41. The first kappa shape index (κ1) is 11.2. The van der Waals surface area contributed by atoms with Crippen molar-refractivity contribution in [2.45, 2.75) is 44.2 Å². The SMILES string of the molecule is CN1CCC(c2nnc3n2CCCC3O)CC1. The molecule has 0 bridgehead atoms. The summed E-state index contributed by atoms with van der Waals surface area (Å²) in [6, 6.07) is 0. The van der Waals surface area contributed by atoms with Gasteiger partial charge in [-0.05, 0) is 45.8 Å². The highest BCUT2D eigenvalue weighted by Gasteiger charge is 2.28. The molecular weight excluding hydrogens is 216 g/mol. The maximum atomic E-state index is 9.88. The second kappa shape index (κ2) is 4.38. The summed E-state index contributed by atoms with van der Waals surface area (Å²) in [7, 11) is 2.17. The van der Waals surface area contributed by atoms with E-state index in [1.807, 2.05) is 0 Å². The molecular formula is C12H20N4O. The van der Waals surface area contributed by atoms with Crippen molar-refractivity contribution in [1.82, 2.24) is 19.7 Å². The fourth-order valence-electron chi connectivity index (χ4n) is 2.94. The Morgan fingerprint density at radius 1 is 1.06 bits per heavy atom. The van der Waals surface area contributed by atoms with Crippen molar-refractivity contribution < 1.29 is 5.11 Å². The second-order valence-electron chi connectivity index (χ2n) is 5.30. The van der Waals surface area contributed by atoms with Gasteiger partial charge in [0.2, 0.25) is 0 Å². The molecule has 1 fully saturated rings. The molecule has 0 radical (unpaired) electrons. The molecule has 5 nitrogen and oxygen atoms in total. The van der Waals surface area contributed by atoms with Crippen LogP contribution in [0.4, 0.5) is 0 Å². The summed E-state index contributed by atoms with van der Waals surface area (Å²) < 4.78 is 2.16. The van der Waals surface area contributed by atoms with Crippen molar-refractivity contribution in [2.75, 3.05) is 20.1 Å². The average molecular weight is 236 g/mol. The lowest BCUT2D eigenvalue weighted by molar-refractivity contribution is 0.132. The molecule has 0 aliphatic carbocycles. The lowest BCUT2D eigenvalue weighted by Gasteiger charge is -2.29. The molecule has 1 atom stereocenters. The largest absolute Gasteiger partial charge is 0.385 e. The van der Waals surface area contributed by atoms with Crippen LogP contribution in [0.3, 0.4) is 0 Å². The number of likely N-dealkylation sites (tertiary alicyclic amines) is 1. The van der Waals surface area contributed by atoms with E-state index >= 15 is 0 Å². The van der Waals surface area contributed by atoms with Gasteiger partial charge in [0, 0.05) is 12.5 Å². The molecule has 1 aromatic heterocycles. The average Bonchev–Trinajstić information content (AvgIpc) is 2.75. The lowest BCUT2D eigenvalue weighted by atomic mass is 9.96. The van der Waals surface area contributed by atoms with Gasteiger partial charge in [0.05, 0.1) is 0 Å². The Morgan fingerprint density at radius 2 is 1.76 bits per heavy atom. The minimum atomic E-state index is -0.406. The zero-order valence-corrected chi connectivity index (χ0v) is 10.3. The predicted octanol–water partition coefficient (Wildman–Crippen LogP) is 0.914. The number of piperidine rings is 1. The highest BCUT2D eigenvalue weighted by Crippen LogP contribution is 2.31. The van der Waals surface area contributed by atoms with Gasteiger partial charge >= 0.3 is 0 Å². The van der Waals surface area contributed by atoms with E-state index in [1.165, 1.54) is 0 Å². The van der Waals surface area contributed by atoms with Crippen molar-refractivity contribution in [1.29, 1.82) is 0 Å². The molecule has 0 amide bonds. The Kier molecular flexibility index (Phi) is 2.88. The van der Waals surface area contributed by atoms with E-state index in [9.17, 15) is 5.11 Å². The molecule has 0 aromatic carbocycles. The van der Waals surface area contributed by atoms with E-state index in [-0.39, 0.29) is 0 Å². The number of rotatable bonds is 1. The minimum absolute atomic E-state index is 0.406. The first-order chi connectivity index (χ1) is 8.25. The van der Waals surface area contributed by atoms with Crippen molar-refractivity contribution in [3.8, 4) is 0 Å². The first-order valence-corrected chi connectivity index (χ1v) is 6.55. The van der Waals surface area contributed by atoms with E-state index in [1.54, 1.807) is 0 Å². The Labute approximate surface area is 101 Å². The Hall–Kier alpha value is -0.940. The second-order valence-corrected chi connectivity index (χ2v) is 5.30. The molecule has 5 heteroatoms.